The molecule has 1 amide bonds. The molecule has 1 aromatic carbocycles. The van der Waals surface area contributed by atoms with Crippen LogP contribution in [-0.2, 0) is 4.79 Å². The Bertz CT molecular complexity index is 829. The van der Waals surface area contributed by atoms with Crippen LogP contribution >= 0.6 is 23.2 Å². The number of halogens is 2. The first kappa shape index (κ1) is 16.2. The van der Waals surface area contributed by atoms with Crippen LogP contribution in [0.1, 0.15) is 17.0 Å². The summed E-state index contributed by atoms with van der Waals surface area (Å²) in [5, 5.41) is 10.0. The third-order valence-corrected chi connectivity index (χ3v) is 3.84. The molecule has 4 nitrogen and oxygen atoms in total. The minimum atomic E-state index is -0.753. The summed E-state index contributed by atoms with van der Waals surface area (Å²) in [6, 6.07) is 8.89. The third-order valence-electron chi connectivity index (χ3n) is 3.31. The molecule has 0 bridgehead atoms. The zero-order chi connectivity index (χ0) is 16.4. The molecule has 0 atom stereocenters. The van der Waals surface area contributed by atoms with Crippen LogP contribution in [0.2, 0.25) is 10.0 Å². The molecule has 2 aromatic rings. The SMILES string of the molecule is Cc1cc(C=C(C#N)C(N)=O)c(C)n1-c1ccc(Cl)cc1Cl. The summed E-state index contributed by atoms with van der Waals surface area (Å²) in [7, 11) is 0. The number of hydrogen-bond acceptors (Lipinski definition) is 2. The lowest BCUT2D eigenvalue weighted by Gasteiger charge is -2.11. The Morgan fingerprint density at radius 2 is 2.00 bits per heavy atom. The van der Waals surface area contributed by atoms with E-state index < -0.39 is 5.91 Å². The van der Waals surface area contributed by atoms with Gasteiger partial charge in [0, 0.05) is 16.4 Å². The molecule has 0 saturated carbocycles. The fourth-order valence-electron chi connectivity index (χ4n) is 2.28. The fraction of sp³-hybridized carbons (Fsp3) is 0.125. The molecule has 1 heterocycles. The molecule has 0 aliphatic carbocycles. The number of primary amides is 1. The van der Waals surface area contributed by atoms with Crippen LogP contribution in [0, 0.1) is 25.2 Å². The van der Waals surface area contributed by atoms with Crippen LogP contribution in [0.25, 0.3) is 11.8 Å². The molecule has 1 aromatic heterocycles. The molecule has 0 aliphatic heterocycles. The lowest BCUT2D eigenvalue weighted by molar-refractivity contribution is -0.114. The zero-order valence-corrected chi connectivity index (χ0v) is 13.5. The number of aromatic nitrogens is 1. The number of carbonyl (C=O) groups excluding carboxylic acids is 1. The largest absolute Gasteiger partial charge is 0.365 e. The Kier molecular flexibility index (Phi) is 4.60. The van der Waals surface area contributed by atoms with E-state index in [1.165, 1.54) is 6.08 Å². The van der Waals surface area contributed by atoms with Gasteiger partial charge < -0.3 is 10.3 Å². The van der Waals surface area contributed by atoms with E-state index in [9.17, 15) is 4.79 Å². The molecule has 2 N–H and O–H groups in total. The number of benzene rings is 1. The highest BCUT2D eigenvalue weighted by Gasteiger charge is 2.14. The van der Waals surface area contributed by atoms with Gasteiger partial charge in [-0.15, -0.1) is 0 Å². The molecule has 0 spiro atoms. The average Bonchev–Trinajstić information content (AvgIpc) is 2.71. The predicted molar refractivity (Wildman–Crippen MR) is 88.0 cm³/mol. The van der Waals surface area contributed by atoms with Gasteiger partial charge in [0.25, 0.3) is 5.91 Å². The standard InChI is InChI=1S/C16H13Cl2N3O/c1-9-5-11(6-12(8-19)16(20)22)10(2)21(9)15-4-3-13(17)7-14(15)18/h3-7H,1-2H3,(H2,20,22). The summed E-state index contributed by atoms with van der Waals surface area (Å²) in [6.07, 6.45) is 1.48. The fourth-order valence-corrected chi connectivity index (χ4v) is 2.77. The van der Waals surface area contributed by atoms with Crippen LogP contribution in [0.5, 0.6) is 0 Å². The van der Waals surface area contributed by atoms with Crippen molar-refractivity contribution >= 4 is 35.2 Å². The van der Waals surface area contributed by atoms with Gasteiger partial charge in [-0.3, -0.25) is 4.79 Å². The van der Waals surface area contributed by atoms with Gasteiger partial charge in [0.1, 0.15) is 11.6 Å². The van der Waals surface area contributed by atoms with E-state index in [1.807, 2.05) is 30.5 Å². The summed E-state index contributed by atoms with van der Waals surface area (Å²) in [5.41, 5.74) is 8.34. The Labute approximate surface area is 138 Å². The second-order valence-electron chi connectivity index (χ2n) is 4.79. The molecule has 0 radical (unpaired) electrons. The van der Waals surface area contributed by atoms with E-state index >= 15 is 0 Å². The van der Waals surface area contributed by atoms with Gasteiger partial charge in [-0.05, 0) is 49.8 Å². The maximum atomic E-state index is 11.2. The highest BCUT2D eigenvalue weighted by atomic mass is 35.5. The van der Waals surface area contributed by atoms with Crippen LogP contribution in [0.3, 0.4) is 0 Å². The minimum absolute atomic E-state index is 0.0950. The van der Waals surface area contributed by atoms with E-state index in [4.69, 9.17) is 34.2 Å². The Hall–Kier alpha value is -2.22. The summed E-state index contributed by atoms with van der Waals surface area (Å²) >= 11 is 12.2. The molecular formula is C16H13Cl2N3O. The lowest BCUT2D eigenvalue weighted by atomic mass is 10.1. The molecule has 0 fully saturated rings. The van der Waals surface area contributed by atoms with Crippen LogP contribution in [-0.4, -0.2) is 10.5 Å². The van der Waals surface area contributed by atoms with Gasteiger partial charge in [0.15, 0.2) is 0 Å². The topological polar surface area (TPSA) is 71.8 Å². The van der Waals surface area contributed by atoms with Crippen molar-refractivity contribution in [1.82, 2.24) is 4.57 Å². The number of aryl methyl sites for hydroxylation is 1. The van der Waals surface area contributed by atoms with E-state index in [1.54, 1.807) is 18.2 Å². The summed E-state index contributed by atoms with van der Waals surface area (Å²) in [4.78, 5) is 11.2. The number of nitriles is 1. The van der Waals surface area contributed by atoms with Crippen molar-refractivity contribution in [1.29, 1.82) is 5.26 Å². The molecule has 6 heteroatoms. The quantitative estimate of drug-likeness (QED) is 0.685. The van der Waals surface area contributed by atoms with Crippen molar-refractivity contribution in [3.05, 3.63) is 56.8 Å². The third kappa shape index (κ3) is 3.01. The van der Waals surface area contributed by atoms with E-state index in [-0.39, 0.29) is 5.57 Å². The van der Waals surface area contributed by atoms with Gasteiger partial charge in [-0.2, -0.15) is 5.26 Å². The normalized spacial score (nSPS) is 11.3. The van der Waals surface area contributed by atoms with E-state index in [0.29, 0.717) is 10.0 Å². The molecule has 22 heavy (non-hydrogen) atoms. The van der Waals surface area contributed by atoms with Gasteiger partial charge in [-0.1, -0.05) is 23.2 Å². The first-order valence-electron chi connectivity index (χ1n) is 6.41. The minimum Gasteiger partial charge on any atom is -0.365 e. The molecule has 0 aliphatic rings. The summed E-state index contributed by atoms with van der Waals surface area (Å²) in [5.74, 6) is -0.753. The van der Waals surface area contributed by atoms with Crippen LogP contribution < -0.4 is 5.73 Å². The lowest BCUT2D eigenvalue weighted by Crippen LogP contribution is -2.12. The number of hydrogen-bond donors (Lipinski definition) is 1. The van der Waals surface area contributed by atoms with Crippen LogP contribution in [0.4, 0.5) is 0 Å². The average molecular weight is 334 g/mol. The maximum Gasteiger partial charge on any atom is 0.259 e. The van der Waals surface area contributed by atoms with Crippen molar-refractivity contribution in [2.24, 2.45) is 5.73 Å². The number of carbonyl (C=O) groups is 1. The van der Waals surface area contributed by atoms with Crippen molar-refractivity contribution in [3.8, 4) is 11.8 Å². The number of rotatable bonds is 3. The highest BCUT2D eigenvalue weighted by molar-refractivity contribution is 6.35. The maximum absolute atomic E-state index is 11.2. The monoisotopic (exact) mass is 333 g/mol. The number of amides is 1. The molecule has 0 saturated heterocycles. The number of nitrogens with zero attached hydrogens (tertiary/aromatic N) is 2. The van der Waals surface area contributed by atoms with Gasteiger partial charge in [0.2, 0.25) is 0 Å². The second kappa shape index (κ2) is 6.27. The second-order valence-corrected chi connectivity index (χ2v) is 5.64. The Balaban J connectivity index is 2.62. The van der Waals surface area contributed by atoms with Crippen LogP contribution in [0.15, 0.2) is 29.8 Å². The molecule has 2 rings (SSSR count). The molecule has 0 unspecified atom stereocenters. The Morgan fingerprint density at radius 3 is 2.55 bits per heavy atom. The van der Waals surface area contributed by atoms with Crippen molar-refractivity contribution in [2.75, 3.05) is 0 Å². The first-order chi connectivity index (χ1) is 10.3. The zero-order valence-electron chi connectivity index (χ0n) is 12.0. The van der Waals surface area contributed by atoms with E-state index in [2.05, 4.69) is 0 Å². The summed E-state index contributed by atoms with van der Waals surface area (Å²) in [6.45, 7) is 3.78. The van der Waals surface area contributed by atoms with Crippen molar-refractivity contribution in [3.63, 3.8) is 0 Å². The smallest absolute Gasteiger partial charge is 0.259 e. The molecular weight excluding hydrogens is 321 g/mol. The van der Waals surface area contributed by atoms with Crippen molar-refractivity contribution < 1.29 is 4.79 Å². The van der Waals surface area contributed by atoms with Gasteiger partial charge >= 0.3 is 0 Å². The molecule has 112 valence electrons. The van der Waals surface area contributed by atoms with E-state index in [0.717, 1.165) is 22.6 Å². The highest BCUT2D eigenvalue weighted by Crippen LogP contribution is 2.29. The van der Waals surface area contributed by atoms with Crippen molar-refractivity contribution in [2.45, 2.75) is 13.8 Å². The van der Waals surface area contributed by atoms with Gasteiger partial charge in [0.05, 0.1) is 10.7 Å². The Morgan fingerprint density at radius 1 is 1.32 bits per heavy atom. The summed E-state index contributed by atoms with van der Waals surface area (Å²) < 4.78 is 1.93. The first-order valence-corrected chi connectivity index (χ1v) is 7.16. The van der Waals surface area contributed by atoms with Gasteiger partial charge in [-0.25, -0.2) is 0 Å². The predicted octanol–water partition coefficient (Wildman–Crippen LogP) is 3.79. The number of nitrogens with two attached hydrogens (primary N) is 1.